The third-order valence-electron chi connectivity index (χ3n) is 1.83. The van der Waals surface area contributed by atoms with Crippen LogP contribution in [0, 0.1) is 13.8 Å². The number of aromatic nitrogens is 3. The second-order valence-electron chi connectivity index (χ2n) is 2.48. The standard InChI is InChI=1S/C7H9N3/c1-5-6(2)9-10-4-3-8-7(5)10/h3-4,9H,1-2H3. The van der Waals surface area contributed by atoms with Crippen molar-refractivity contribution in [1.82, 2.24) is 14.6 Å². The average molecular weight is 135 g/mol. The normalized spacial score (nSPS) is 11.0. The van der Waals surface area contributed by atoms with Gasteiger partial charge in [0.15, 0.2) is 5.65 Å². The van der Waals surface area contributed by atoms with Crippen LogP contribution in [0.15, 0.2) is 12.4 Å². The van der Waals surface area contributed by atoms with Crippen molar-refractivity contribution in [2.45, 2.75) is 13.8 Å². The van der Waals surface area contributed by atoms with Gasteiger partial charge < -0.3 is 0 Å². The van der Waals surface area contributed by atoms with Crippen LogP contribution in [0.5, 0.6) is 0 Å². The highest BCUT2D eigenvalue weighted by atomic mass is 15.3. The van der Waals surface area contributed by atoms with E-state index in [9.17, 15) is 0 Å². The van der Waals surface area contributed by atoms with Crippen LogP contribution in [0.1, 0.15) is 11.3 Å². The van der Waals surface area contributed by atoms with Gasteiger partial charge in [-0.15, -0.1) is 0 Å². The highest BCUT2D eigenvalue weighted by Gasteiger charge is 2.02. The third kappa shape index (κ3) is 0.518. The molecule has 0 amide bonds. The zero-order chi connectivity index (χ0) is 7.14. The first-order valence-corrected chi connectivity index (χ1v) is 3.27. The number of imidazole rings is 1. The Balaban J connectivity index is 2.95. The lowest BCUT2D eigenvalue weighted by Gasteiger charge is -1.81. The van der Waals surface area contributed by atoms with Gasteiger partial charge in [-0.25, -0.2) is 9.50 Å². The zero-order valence-corrected chi connectivity index (χ0v) is 6.05. The Bertz CT molecular complexity index is 356. The predicted molar refractivity (Wildman–Crippen MR) is 39.0 cm³/mol. The highest BCUT2D eigenvalue weighted by Crippen LogP contribution is 2.10. The molecule has 2 aromatic heterocycles. The number of aromatic amines is 1. The van der Waals surface area contributed by atoms with Crippen LogP contribution < -0.4 is 0 Å². The monoisotopic (exact) mass is 135 g/mol. The lowest BCUT2D eigenvalue weighted by Crippen LogP contribution is -1.78. The van der Waals surface area contributed by atoms with E-state index in [1.165, 1.54) is 11.3 Å². The number of aryl methyl sites for hydroxylation is 2. The van der Waals surface area contributed by atoms with Crippen LogP contribution in [-0.4, -0.2) is 14.6 Å². The molecule has 2 aromatic rings. The van der Waals surface area contributed by atoms with Crippen molar-refractivity contribution >= 4 is 5.65 Å². The minimum atomic E-state index is 1.03. The molecule has 1 N–H and O–H groups in total. The van der Waals surface area contributed by atoms with Crippen molar-refractivity contribution in [2.75, 3.05) is 0 Å². The molecule has 52 valence electrons. The summed E-state index contributed by atoms with van der Waals surface area (Å²) in [4.78, 5) is 4.17. The van der Waals surface area contributed by atoms with Crippen molar-refractivity contribution in [3.63, 3.8) is 0 Å². The number of fused-ring (bicyclic) bond motifs is 1. The van der Waals surface area contributed by atoms with Gasteiger partial charge >= 0.3 is 0 Å². The maximum atomic E-state index is 4.17. The molecule has 3 nitrogen and oxygen atoms in total. The summed E-state index contributed by atoms with van der Waals surface area (Å²) in [6, 6.07) is 0. The van der Waals surface area contributed by atoms with Gasteiger partial charge in [0, 0.05) is 23.7 Å². The Kier molecular flexibility index (Phi) is 0.897. The first-order chi connectivity index (χ1) is 4.79. The fourth-order valence-electron chi connectivity index (χ4n) is 1.10. The lowest BCUT2D eigenvalue weighted by molar-refractivity contribution is 0.943. The number of H-pyrrole nitrogens is 1. The number of nitrogens with zero attached hydrogens (tertiary/aromatic N) is 2. The van der Waals surface area contributed by atoms with Crippen LogP contribution in [0.25, 0.3) is 5.65 Å². The Morgan fingerprint density at radius 1 is 1.50 bits per heavy atom. The molecular formula is C7H9N3. The van der Waals surface area contributed by atoms with Gasteiger partial charge in [0.05, 0.1) is 0 Å². The first kappa shape index (κ1) is 5.53. The van der Waals surface area contributed by atoms with Crippen LogP contribution in [0.4, 0.5) is 0 Å². The fourth-order valence-corrected chi connectivity index (χ4v) is 1.10. The van der Waals surface area contributed by atoms with Gasteiger partial charge in [0.2, 0.25) is 0 Å². The predicted octanol–water partition coefficient (Wildman–Crippen LogP) is 1.28. The summed E-state index contributed by atoms with van der Waals surface area (Å²) in [5.41, 5.74) is 3.44. The van der Waals surface area contributed by atoms with E-state index in [1.807, 2.05) is 17.6 Å². The second-order valence-corrected chi connectivity index (χ2v) is 2.48. The molecule has 0 fully saturated rings. The molecule has 0 aliphatic rings. The maximum absolute atomic E-state index is 4.17. The SMILES string of the molecule is Cc1[nH]n2ccnc2c1C. The summed E-state index contributed by atoms with van der Waals surface area (Å²) in [7, 11) is 0. The summed E-state index contributed by atoms with van der Waals surface area (Å²) in [5.74, 6) is 0. The molecular weight excluding hydrogens is 126 g/mol. The number of hydrogen-bond acceptors (Lipinski definition) is 1. The van der Waals surface area contributed by atoms with E-state index in [0.717, 1.165) is 5.65 Å². The van der Waals surface area contributed by atoms with E-state index < -0.39 is 0 Å². The van der Waals surface area contributed by atoms with Crippen molar-refractivity contribution in [3.8, 4) is 0 Å². The topological polar surface area (TPSA) is 33.1 Å². The van der Waals surface area contributed by atoms with E-state index in [-0.39, 0.29) is 0 Å². The van der Waals surface area contributed by atoms with E-state index >= 15 is 0 Å². The summed E-state index contributed by atoms with van der Waals surface area (Å²) in [6.45, 7) is 4.11. The molecule has 0 aromatic carbocycles. The quantitative estimate of drug-likeness (QED) is 0.580. The van der Waals surface area contributed by atoms with Crippen LogP contribution in [-0.2, 0) is 0 Å². The molecule has 0 aliphatic heterocycles. The molecule has 2 rings (SSSR count). The molecule has 0 bridgehead atoms. The second kappa shape index (κ2) is 1.62. The van der Waals surface area contributed by atoms with Crippen LogP contribution >= 0.6 is 0 Å². The molecule has 3 heteroatoms. The van der Waals surface area contributed by atoms with Crippen molar-refractivity contribution in [1.29, 1.82) is 0 Å². The van der Waals surface area contributed by atoms with Gasteiger partial charge in [-0.3, -0.25) is 5.10 Å². The number of hydrogen-bond donors (Lipinski definition) is 1. The minimum absolute atomic E-state index is 1.03. The van der Waals surface area contributed by atoms with E-state index in [0.29, 0.717) is 0 Å². The summed E-state index contributed by atoms with van der Waals surface area (Å²) in [6.07, 6.45) is 3.70. The Morgan fingerprint density at radius 2 is 2.30 bits per heavy atom. The summed E-state index contributed by atoms with van der Waals surface area (Å²) in [5, 5.41) is 3.16. The van der Waals surface area contributed by atoms with Gasteiger partial charge in [0.25, 0.3) is 0 Å². The minimum Gasteiger partial charge on any atom is -0.297 e. The maximum Gasteiger partial charge on any atom is 0.156 e. The molecule has 0 unspecified atom stereocenters. The van der Waals surface area contributed by atoms with Crippen molar-refractivity contribution < 1.29 is 0 Å². The largest absolute Gasteiger partial charge is 0.297 e. The van der Waals surface area contributed by atoms with Gasteiger partial charge in [-0.05, 0) is 13.8 Å². The molecule has 10 heavy (non-hydrogen) atoms. The van der Waals surface area contributed by atoms with Gasteiger partial charge in [0.1, 0.15) is 0 Å². The number of nitrogens with one attached hydrogen (secondary N) is 1. The Labute approximate surface area is 58.7 Å². The summed E-state index contributed by atoms with van der Waals surface area (Å²) >= 11 is 0. The molecule has 0 radical (unpaired) electrons. The fraction of sp³-hybridized carbons (Fsp3) is 0.286. The molecule has 0 saturated heterocycles. The van der Waals surface area contributed by atoms with Crippen LogP contribution in [0.2, 0.25) is 0 Å². The first-order valence-electron chi connectivity index (χ1n) is 3.27. The zero-order valence-electron chi connectivity index (χ0n) is 6.05. The van der Waals surface area contributed by atoms with E-state index in [1.54, 1.807) is 6.20 Å². The van der Waals surface area contributed by atoms with Crippen molar-refractivity contribution in [2.24, 2.45) is 0 Å². The van der Waals surface area contributed by atoms with Crippen LogP contribution in [0.3, 0.4) is 0 Å². The Morgan fingerprint density at radius 3 is 3.00 bits per heavy atom. The summed E-state index contributed by atoms with van der Waals surface area (Å²) < 4.78 is 1.92. The Hall–Kier alpha value is -1.25. The molecule has 0 saturated carbocycles. The molecule has 0 aliphatic carbocycles. The lowest BCUT2D eigenvalue weighted by atomic mass is 10.3. The third-order valence-corrected chi connectivity index (χ3v) is 1.83. The van der Waals surface area contributed by atoms with E-state index in [4.69, 9.17) is 0 Å². The van der Waals surface area contributed by atoms with Gasteiger partial charge in [-0.1, -0.05) is 0 Å². The van der Waals surface area contributed by atoms with E-state index in [2.05, 4.69) is 17.0 Å². The molecule has 2 heterocycles. The number of rotatable bonds is 0. The smallest absolute Gasteiger partial charge is 0.156 e. The average Bonchev–Trinajstić information content (AvgIpc) is 2.41. The molecule has 0 spiro atoms. The molecule has 0 atom stereocenters. The van der Waals surface area contributed by atoms with Crippen molar-refractivity contribution in [3.05, 3.63) is 23.7 Å². The van der Waals surface area contributed by atoms with Gasteiger partial charge in [-0.2, -0.15) is 0 Å². The highest BCUT2D eigenvalue weighted by molar-refractivity contribution is 5.48.